The Labute approximate surface area is 144 Å². The van der Waals surface area contributed by atoms with Crippen LogP contribution in [0.4, 0.5) is 0 Å². The predicted molar refractivity (Wildman–Crippen MR) is 95.2 cm³/mol. The molecule has 128 valence electrons. The Balaban J connectivity index is 1.59. The van der Waals surface area contributed by atoms with Gasteiger partial charge in [0, 0.05) is 12.7 Å². The van der Waals surface area contributed by atoms with Gasteiger partial charge in [-0.1, -0.05) is 12.1 Å². The average Bonchev–Trinajstić information content (AvgIpc) is 2.59. The van der Waals surface area contributed by atoms with Crippen LogP contribution in [0.3, 0.4) is 0 Å². The fourth-order valence-electron chi connectivity index (χ4n) is 3.31. The second kappa shape index (κ2) is 7.77. The molecule has 1 fully saturated rings. The number of aliphatic hydroxyl groups excluding tert-OH is 1. The molecular formula is C20H26N2O2. The number of hydrogen-bond donors (Lipinski definition) is 1. The van der Waals surface area contributed by atoms with Gasteiger partial charge in [0.1, 0.15) is 11.5 Å². The maximum absolute atomic E-state index is 9.70. The molecule has 1 aromatic carbocycles. The standard InChI is InChI=1S/C20H26N2O2/c1-15-12-17(14-22-10-7-18(8-11-22)16(2)23)5-6-20(15)24-19-4-3-9-21-13-19/h3-6,9,12-13,16,18,23H,7-8,10-11,14H2,1-2H3. The van der Waals surface area contributed by atoms with E-state index in [4.69, 9.17) is 4.74 Å². The summed E-state index contributed by atoms with van der Waals surface area (Å²) in [5.74, 6) is 2.09. The Hall–Kier alpha value is -1.91. The third kappa shape index (κ3) is 4.34. The topological polar surface area (TPSA) is 45.6 Å². The minimum Gasteiger partial charge on any atom is -0.455 e. The molecule has 1 atom stereocenters. The van der Waals surface area contributed by atoms with Crippen LogP contribution in [-0.2, 0) is 6.54 Å². The normalized spacial score (nSPS) is 17.6. The number of aryl methyl sites for hydroxylation is 1. The van der Waals surface area contributed by atoms with Crippen LogP contribution in [0.25, 0.3) is 0 Å². The van der Waals surface area contributed by atoms with Crippen LogP contribution in [-0.4, -0.2) is 34.2 Å². The molecular weight excluding hydrogens is 300 g/mol. The van der Waals surface area contributed by atoms with Crippen molar-refractivity contribution in [3.63, 3.8) is 0 Å². The Kier molecular flexibility index (Phi) is 5.48. The van der Waals surface area contributed by atoms with E-state index in [-0.39, 0.29) is 6.10 Å². The highest BCUT2D eigenvalue weighted by molar-refractivity contribution is 5.39. The second-order valence-corrected chi connectivity index (χ2v) is 6.74. The van der Waals surface area contributed by atoms with E-state index in [1.807, 2.05) is 25.1 Å². The van der Waals surface area contributed by atoms with E-state index in [0.29, 0.717) is 5.92 Å². The second-order valence-electron chi connectivity index (χ2n) is 6.74. The number of aromatic nitrogens is 1. The van der Waals surface area contributed by atoms with Crippen molar-refractivity contribution < 1.29 is 9.84 Å². The van der Waals surface area contributed by atoms with E-state index in [1.54, 1.807) is 12.4 Å². The highest BCUT2D eigenvalue weighted by atomic mass is 16.5. The number of piperidine rings is 1. The minimum absolute atomic E-state index is 0.182. The minimum atomic E-state index is -0.182. The summed E-state index contributed by atoms with van der Waals surface area (Å²) in [5, 5.41) is 9.70. The first-order valence-corrected chi connectivity index (χ1v) is 8.69. The molecule has 4 nitrogen and oxygen atoms in total. The predicted octanol–water partition coefficient (Wildman–Crippen LogP) is 3.78. The first-order chi connectivity index (χ1) is 11.6. The van der Waals surface area contributed by atoms with Gasteiger partial charge < -0.3 is 9.84 Å². The lowest BCUT2D eigenvalue weighted by atomic mass is 9.92. The van der Waals surface area contributed by atoms with Crippen molar-refractivity contribution in [2.45, 2.75) is 39.3 Å². The lowest BCUT2D eigenvalue weighted by molar-refractivity contribution is 0.0695. The molecule has 2 heterocycles. The molecule has 0 spiro atoms. The molecule has 3 rings (SSSR count). The maximum Gasteiger partial charge on any atom is 0.145 e. The van der Waals surface area contributed by atoms with Gasteiger partial charge in [-0.3, -0.25) is 9.88 Å². The summed E-state index contributed by atoms with van der Waals surface area (Å²) in [5.41, 5.74) is 2.44. The van der Waals surface area contributed by atoms with E-state index in [1.165, 1.54) is 5.56 Å². The van der Waals surface area contributed by atoms with Crippen molar-refractivity contribution in [3.8, 4) is 11.5 Å². The van der Waals surface area contributed by atoms with Crippen molar-refractivity contribution in [1.82, 2.24) is 9.88 Å². The summed E-state index contributed by atoms with van der Waals surface area (Å²) in [6.07, 6.45) is 5.44. The number of likely N-dealkylation sites (tertiary alicyclic amines) is 1. The molecule has 1 aliphatic heterocycles. The molecule has 24 heavy (non-hydrogen) atoms. The molecule has 1 unspecified atom stereocenters. The van der Waals surface area contributed by atoms with E-state index in [0.717, 1.165) is 49.5 Å². The molecule has 0 radical (unpaired) electrons. The Morgan fingerprint density at radius 3 is 2.71 bits per heavy atom. The lowest BCUT2D eigenvalue weighted by Crippen LogP contribution is -2.36. The van der Waals surface area contributed by atoms with Gasteiger partial charge in [-0.05, 0) is 75.0 Å². The number of benzene rings is 1. The highest BCUT2D eigenvalue weighted by Gasteiger charge is 2.22. The number of pyridine rings is 1. The number of nitrogens with zero attached hydrogens (tertiary/aromatic N) is 2. The first kappa shape index (κ1) is 16.9. The monoisotopic (exact) mass is 326 g/mol. The van der Waals surface area contributed by atoms with Gasteiger partial charge in [-0.2, -0.15) is 0 Å². The lowest BCUT2D eigenvalue weighted by Gasteiger charge is -2.33. The third-order valence-corrected chi connectivity index (χ3v) is 4.82. The highest BCUT2D eigenvalue weighted by Crippen LogP contribution is 2.27. The van der Waals surface area contributed by atoms with Crippen LogP contribution >= 0.6 is 0 Å². The van der Waals surface area contributed by atoms with Crippen LogP contribution in [0.15, 0.2) is 42.7 Å². The summed E-state index contributed by atoms with van der Waals surface area (Å²) in [4.78, 5) is 6.54. The third-order valence-electron chi connectivity index (χ3n) is 4.82. The SMILES string of the molecule is Cc1cc(CN2CCC(C(C)O)CC2)ccc1Oc1cccnc1. The molecule has 0 saturated carbocycles. The van der Waals surface area contributed by atoms with E-state index < -0.39 is 0 Å². The number of rotatable bonds is 5. The first-order valence-electron chi connectivity index (χ1n) is 8.69. The summed E-state index contributed by atoms with van der Waals surface area (Å²) >= 11 is 0. The van der Waals surface area contributed by atoms with Crippen molar-refractivity contribution in [2.24, 2.45) is 5.92 Å². The largest absolute Gasteiger partial charge is 0.455 e. The van der Waals surface area contributed by atoms with Gasteiger partial charge in [-0.25, -0.2) is 0 Å². The summed E-state index contributed by atoms with van der Waals surface area (Å²) in [6, 6.07) is 10.2. The molecule has 0 aliphatic carbocycles. The van der Waals surface area contributed by atoms with Crippen molar-refractivity contribution in [1.29, 1.82) is 0 Å². The summed E-state index contributed by atoms with van der Waals surface area (Å²) in [6.45, 7) is 7.06. The van der Waals surface area contributed by atoms with E-state index in [9.17, 15) is 5.11 Å². The maximum atomic E-state index is 9.70. The Morgan fingerprint density at radius 2 is 2.08 bits per heavy atom. The average molecular weight is 326 g/mol. The van der Waals surface area contributed by atoms with Gasteiger partial charge >= 0.3 is 0 Å². The fourth-order valence-corrected chi connectivity index (χ4v) is 3.31. The summed E-state index contributed by atoms with van der Waals surface area (Å²) in [7, 11) is 0. The van der Waals surface area contributed by atoms with E-state index in [2.05, 4.69) is 28.9 Å². The zero-order valence-corrected chi connectivity index (χ0v) is 14.5. The zero-order valence-electron chi connectivity index (χ0n) is 14.5. The molecule has 2 aromatic rings. The van der Waals surface area contributed by atoms with Gasteiger partial charge in [0.2, 0.25) is 0 Å². The van der Waals surface area contributed by atoms with Gasteiger partial charge in [0.05, 0.1) is 12.3 Å². The zero-order chi connectivity index (χ0) is 16.9. The van der Waals surface area contributed by atoms with Gasteiger partial charge in [0.25, 0.3) is 0 Å². The van der Waals surface area contributed by atoms with Crippen molar-refractivity contribution in [2.75, 3.05) is 13.1 Å². The molecule has 1 N–H and O–H groups in total. The number of aliphatic hydroxyl groups is 1. The van der Waals surface area contributed by atoms with Crippen LogP contribution in [0.1, 0.15) is 30.9 Å². The van der Waals surface area contributed by atoms with Crippen LogP contribution in [0.2, 0.25) is 0 Å². The Bertz CT molecular complexity index is 650. The van der Waals surface area contributed by atoms with Gasteiger partial charge in [-0.15, -0.1) is 0 Å². The molecule has 0 amide bonds. The molecule has 0 bridgehead atoms. The van der Waals surface area contributed by atoms with Gasteiger partial charge in [0.15, 0.2) is 0 Å². The quantitative estimate of drug-likeness (QED) is 0.908. The van der Waals surface area contributed by atoms with Crippen LogP contribution in [0, 0.1) is 12.8 Å². The fraction of sp³-hybridized carbons (Fsp3) is 0.450. The molecule has 1 aliphatic rings. The van der Waals surface area contributed by atoms with Crippen molar-refractivity contribution >= 4 is 0 Å². The Morgan fingerprint density at radius 1 is 1.29 bits per heavy atom. The summed E-state index contributed by atoms with van der Waals surface area (Å²) < 4.78 is 5.89. The van der Waals surface area contributed by atoms with Crippen LogP contribution < -0.4 is 4.74 Å². The number of ether oxygens (including phenoxy) is 1. The van der Waals surface area contributed by atoms with E-state index >= 15 is 0 Å². The smallest absolute Gasteiger partial charge is 0.145 e. The molecule has 1 saturated heterocycles. The molecule has 1 aromatic heterocycles. The number of hydrogen-bond acceptors (Lipinski definition) is 4. The van der Waals surface area contributed by atoms with Crippen molar-refractivity contribution in [3.05, 3.63) is 53.9 Å². The molecule has 4 heteroatoms. The van der Waals surface area contributed by atoms with Crippen LogP contribution in [0.5, 0.6) is 11.5 Å².